The van der Waals surface area contributed by atoms with Gasteiger partial charge in [-0.3, -0.25) is 4.79 Å². The Morgan fingerprint density at radius 2 is 1.73 bits per heavy atom. The average Bonchev–Trinajstić information content (AvgIpc) is 3.14. The lowest BCUT2D eigenvalue weighted by Gasteiger charge is -2.11. The molecule has 0 unspecified atom stereocenters. The number of para-hydroxylation sites is 1. The van der Waals surface area contributed by atoms with E-state index in [-0.39, 0.29) is 17.3 Å². The average molecular weight is 446 g/mol. The third-order valence-corrected chi connectivity index (χ3v) is 4.98. The number of rotatable bonds is 7. The number of hydrogen-bond donors (Lipinski definition) is 0. The van der Waals surface area contributed by atoms with Crippen LogP contribution in [0.3, 0.4) is 0 Å². The number of methoxy groups -OCH3 is 2. The molecule has 33 heavy (non-hydrogen) atoms. The molecule has 1 aliphatic rings. The van der Waals surface area contributed by atoms with Crippen LogP contribution in [-0.4, -0.2) is 32.6 Å². The summed E-state index contributed by atoms with van der Waals surface area (Å²) in [5.74, 6) is 1.55. The lowest BCUT2D eigenvalue weighted by atomic mass is 10.1. The van der Waals surface area contributed by atoms with Crippen LogP contribution in [0, 0.1) is 0 Å². The summed E-state index contributed by atoms with van der Waals surface area (Å²) in [7, 11) is 3.00. The van der Waals surface area contributed by atoms with Crippen LogP contribution in [-0.2, 0) is 0 Å². The standard InChI is InChI=1S/C26H22O7/c1-4-31-18-10-11-19-22(15-18)32-24(25(19)27)13-16-7-5-6-8-20(16)33-26(28)17-9-12-21(29-2)23(14-17)30-3/h5-15H,4H2,1-3H3/b24-13-. The Balaban J connectivity index is 1.59. The number of esters is 1. The first-order valence-corrected chi connectivity index (χ1v) is 10.3. The van der Waals surface area contributed by atoms with Crippen molar-refractivity contribution in [3.8, 4) is 28.7 Å². The number of ketones is 1. The summed E-state index contributed by atoms with van der Waals surface area (Å²) in [6.07, 6.45) is 1.56. The van der Waals surface area contributed by atoms with Gasteiger partial charge in [0.1, 0.15) is 17.2 Å². The molecule has 3 aromatic rings. The molecule has 168 valence electrons. The molecule has 0 saturated carbocycles. The lowest BCUT2D eigenvalue weighted by Crippen LogP contribution is -2.10. The third kappa shape index (κ3) is 4.52. The second kappa shape index (κ2) is 9.48. The van der Waals surface area contributed by atoms with Crippen molar-refractivity contribution in [3.05, 3.63) is 83.1 Å². The Hall–Kier alpha value is -4.26. The molecule has 0 saturated heterocycles. The van der Waals surface area contributed by atoms with Crippen molar-refractivity contribution in [2.24, 2.45) is 0 Å². The fraction of sp³-hybridized carbons (Fsp3) is 0.154. The Labute approximate surface area is 191 Å². The van der Waals surface area contributed by atoms with Gasteiger partial charge in [0, 0.05) is 11.6 Å². The highest BCUT2D eigenvalue weighted by Crippen LogP contribution is 2.36. The fourth-order valence-electron chi connectivity index (χ4n) is 3.38. The van der Waals surface area contributed by atoms with Gasteiger partial charge in [0.05, 0.1) is 32.0 Å². The summed E-state index contributed by atoms with van der Waals surface area (Å²) >= 11 is 0. The van der Waals surface area contributed by atoms with Gasteiger partial charge in [0.25, 0.3) is 0 Å². The van der Waals surface area contributed by atoms with Gasteiger partial charge in [0.15, 0.2) is 17.3 Å². The Kier molecular flexibility index (Phi) is 6.31. The van der Waals surface area contributed by atoms with E-state index in [1.54, 1.807) is 66.7 Å². The second-order valence-corrected chi connectivity index (χ2v) is 7.03. The van der Waals surface area contributed by atoms with Crippen LogP contribution in [0.5, 0.6) is 28.7 Å². The van der Waals surface area contributed by atoms with E-state index in [1.165, 1.54) is 14.2 Å². The van der Waals surface area contributed by atoms with E-state index in [2.05, 4.69) is 0 Å². The topological polar surface area (TPSA) is 80.3 Å². The molecule has 0 aromatic heterocycles. The minimum atomic E-state index is -0.579. The molecule has 3 aromatic carbocycles. The predicted molar refractivity (Wildman–Crippen MR) is 121 cm³/mol. The summed E-state index contributed by atoms with van der Waals surface area (Å²) in [6.45, 7) is 2.39. The van der Waals surface area contributed by atoms with Crippen molar-refractivity contribution < 1.29 is 33.3 Å². The van der Waals surface area contributed by atoms with Crippen LogP contribution >= 0.6 is 0 Å². The van der Waals surface area contributed by atoms with Crippen molar-refractivity contribution in [2.75, 3.05) is 20.8 Å². The maximum atomic E-state index is 12.8. The van der Waals surface area contributed by atoms with E-state index in [0.717, 1.165) is 0 Å². The third-order valence-electron chi connectivity index (χ3n) is 4.98. The Morgan fingerprint density at radius 1 is 0.939 bits per heavy atom. The molecule has 0 fully saturated rings. The van der Waals surface area contributed by atoms with Gasteiger partial charge >= 0.3 is 5.97 Å². The molecule has 0 spiro atoms. The summed E-state index contributed by atoms with van der Waals surface area (Å²) in [5.41, 5.74) is 1.26. The zero-order valence-corrected chi connectivity index (χ0v) is 18.4. The highest BCUT2D eigenvalue weighted by atomic mass is 16.5. The number of allylic oxidation sites excluding steroid dienone is 1. The number of benzene rings is 3. The normalized spacial score (nSPS) is 13.3. The minimum absolute atomic E-state index is 0.133. The van der Waals surface area contributed by atoms with Gasteiger partial charge in [0.2, 0.25) is 5.78 Å². The number of Topliss-reactive ketones (excluding diaryl/α,β-unsaturated/α-hetero) is 1. The zero-order chi connectivity index (χ0) is 23.4. The van der Waals surface area contributed by atoms with Crippen LogP contribution in [0.4, 0.5) is 0 Å². The number of fused-ring (bicyclic) bond motifs is 1. The first kappa shape index (κ1) is 22.0. The summed E-state index contributed by atoms with van der Waals surface area (Å²) in [4.78, 5) is 25.6. The number of hydrogen-bond acceptors (Lipinski definition) is 7. The predicted octanol–water partition coefficient (Wildman–Crippen LogP) is 4.94. The molecule has 0 radical (unpaired) electrons. The molecule has 1 aliphatic heterocycles. The fourth-order valence-corrected chi connectivity index (χ4v) is 3.38. The monoisotopic (exact) mass is 446 g/mol. The number of carbonyl (C=O) groups is 2. The number of ether oxygens (including phenoxy) is 5. The zero-order valence-electron chi connectivity index (χ0n) is 18.4. The van der Waals surface area contributed by atoms with Crippen molar-refractivity contribution in [3.63, 3.8) is 0 Å². The Bertz CT molecular complexity index is 1240. The van der Waals surface area contributed by atoms with E-state index in [0.29, 0.717) is 46.3 Å². The molecular weight excluding hydrogens is 424 g/mol. The molecule has 0 bridgehead atoms. The van der Waals surface area contributed by atoms with Crippen LogP contribution in [0.2, 0.25) is 0 Å². The first-order chi connectivity index (χ1) is 16.0. The second-order valence-electron chi connectivity index (χ2n) is 7.03. The van der Waals surface area contributed by atoms with Crippen LogP contribution in [0.25, 0.3) is 6.08 Å². The lowest BCUT2D eigenvalue weighted by molar-refractivity contribution is 0.0733. The highest BCUT2D eigenvalue weighted by molar-refractivity contribution is 6.14. The van der Waals surface area contributed by atoms with Crippen molar-refractivity contribution in [1.29, 1.82) is 0 Å². The molecule has 0 atom stereocenters. The maximum absolute atomic E-state index is 12.8. The maximum Gasteiger partial charge on any atom is 0.343 e. The molecule has 0 amide bonds. The molecule has 1 heterocycles. The van der Waals surface area contributed by atoms with E-state index in [1.807, 2.05) is 6.92 Å². The molecule has 4 rings (SSSR count). The van der Waals surface area contributed by atoms with Gasteiger partial charge in [-0.05, 0) is 49.4 Å². The van der Waals surface area contributed by atoms with Crippen molar-refractivity contribution in [1.82, 2.24) is 0 Å². The van der Waals surface area contributed by atoms with Gasteiger partial charge in [-0.1, -0.05) is 18.2 Å². The molecular formula is C26H22O7. The minimum Gasteiger partial charge on any atom is -0.494 e. The van der Waals surface area contributed by atoms with Gasteiger partial charge in [-0.25, -0.2) is 4.79 Å². The van der Waals surface area contributed by atoms with E-state index >= 15 is 0 Å². The van der Waals surface area contributed by atoms with Crippen LogP contribution in [0.1, 0.15) is 33.2 Å². The molecule has 7 nitrogen and oxygen atoms in total. The van der Waals surface area contributed by atoms with Crippen molar-refractivity contribution >= 4 is 17.8 Å². The summed E-state index contributed by atoms with van der Waals surface area (Å²) < 4.78 is 27.3. The van der Waals surface area contributed by atoms with Gasteiger partial charge in [-0.15, -0.1) is 0 Å². The van der Waals surface area contributed by atoms with Gasteiger partial charge < -0.3 is 23.7 Å². The molecule has 0 N–H and O–H groups in total. The van der Waals surface area contributed by atoms with E-state index in [4.69, 9.17) is 23.7 Å². The highest BCUT2D eigenvalue weighted by Gasteiger charge is 2.28. The van der Waals surface area contributed by atoms with Crippen molar-refractivity contribution in [2.45, 2.75) is 6.92 Å². The van der Waals surface area contributed by atoms with E-state index in [9.17, 15) is 9.59 Å². The Morgan fingerprint density at radius 3 is 2.48 bits per heavy atom. The largest absolute Gasteiger partial charge is 0.494 e. The van der Waals surface area contributed by atoms with Crippen LogP contribution < -0.4 is 23.7 Å². The van der Waals surface area contributed by atoms with Crippen LogP contribution in [0.15, 0.2) is 66.4 Å². The quantitative estimate of drug-likeness (QED) is 0.289. The number of carbonyl (C=O) groups excluding carboxylic acids is 2. The summed E-state index contributed by atoms with van der Waals surface area (Å²) in [6, 6.07) is 16.7. The van der Waals surface area contributed by atoms with E-state index < -0.39 is 5.97 Å². The van der Waals surface area contributed by atoms with Gasteiger partial charge in [-0.2, -0.15) is 0 Å². The first-order valence-electron chi connectivity index (χ1n) is 10.3. The SMILES string of the molecule is CCOc1ccc2c(c1)O/C(=C\c1ccccc1OC(=O)c1ccc(OC)c(OC)c1)C2=O. The molecule has 7 heteroatoms. The summed E-state index contributed by atoms with van der Waals surface area (Å²) in [5, 5.41) is 0. The molecule has 0 aliphatic carbocycles. The smallest absolute Gasteiger partial charge is 0.343 e.